The fourth-order valence-electron chi connectivity index (χ4n) is 0.118. The molecular formula is C3H9NO2. The lowest BCUT2D eigenvalue weighted by atomic mass is 10.4. The second-order valence-electron chi connectivity index (χ2n) is 1.27. The molecule has 0 spiro atoms. The molecule has 0 fully saturated rings. The molecule has 0 aromatic rings. The van der Waals surface area contributed by atoms with Crippen molar-refractivity contribution in [1.29, 1.82) is 0 Å². The van der Waals surface area contributed by atoms with Crippen molar-refractivity contribution in [3.8, 4) is 0 Å². The molecule has 38 valence electrons. The van der Waals surface area contributed by atoms with Crippen LogP contribution < -0.4 is 5.73 Å². The summed E-state index contributed by atoms with van der Waals surface area (Å²) in [6.45, 7) is 1.95. The van der Waals surface area contributed by atoms with Crippen LogP contribution in [0.5, 0.6) is 0 Å². The third-order valence-corrected chi connectivity index (χ3v) is 0.337. The van der Waals surface area contributed by atoms with E-state index in [2.05, 4.69) is 4.89 Å². The summed E-state index contributed by atoms with van der Waals surface area (Å²) in [5.41, 5.74) is 5.12. The van der Waals surface area contributed by atoms with E-state index in [-0.39, 0.29) is 12.6 Å². The van der Waals surface area contributed by atoms with Crippen LogP contribution in [0.1, 0.15) is 6.92 Å². The maximum absolute atomic E-state index is 7.66. The highest BCUT2D eigenvalue weighted by Crippen LogP contribution is 1.70. The molecule has 0 bridgehead atoms. The molecule has 1 unspecified atom stereocenters. The highest BCUT2D eigenvalue weighted by molar-refractivity contribution is 4.44. The molecular weight excluding hydrogens is 82.0 g/mol. The lowest BCUT2D eigenvalue weighted by Crippen LogP contribution is -2.20. The normalized spacial score (nSPS) is 14.5. The van der Waals surface area contributed by atoms with Crippen LogP contribution in [0.3, 0.4) is 0 Å². The van der Waals surface area contributed by atoms with Crippen LogP contribution in [0.2, 0.25) is 0 Å². The van der Waals surface area contributed by atoms with E-state index in [1.165, 1.54) is 0 Å². The van der Waals surface area contributed by atoms with Crippen LogP contribution in [0.25, 0.3) is 0 Å². The van der Waals surface area contributed by atoms with E-state index in [0.29, 0.717) is 0 Å². The molecule has 0 radical (unpaired) electrons. The second kappa shape index (κ2) is 3.08. The summed E-state index contributed by atoms with van der Waals surface area (Å²) in [6, 6.07) is -0.0741. The van der Waals surface area contributed by atoms with Crippen molar-refractivity contribution in [3.63, 3.8) is 0 Å². The highest BCUT2D eigenvalue weighted by atomic mass is 17.1. The van der Waals surface area contributed by atoms with Crippen molar-refractivity contribution in [2.45, 2.75) is 13.0 Å². The summed E-state index contributed by atoms with van der Waals surface area (Å²) in [5, 5.41) is 7.66. The molecule has 3 nitrogen and oxygen atoms in total. The quantitative estimate of drug-likeness (QED) is 0.366. The minimum absolute atomic E-state index is 0.0741. The summed E-state index contributed by atoms with van der Waals surface area (Å²) in [6.07, 6.45) is 0. The topological polar surface area (TPSA) is 55.5 Å². The Balaban J connectivity index is 2.63. The first-order valence-electron chi connectivity index (χ1n) is 1.79. The van der Waals surface area contributed by atoms with Gasteiger partial charge in [0, 0.05) is 6.04 Å². The first kappa shape index (κ1) is 5.88. The number of nitrogens with two attached hydrogens (primary N) is 1. The molecule has 3 heteroatoms. The van der Waals surface area contributed by atoms with E-state index >= 15 is 0 Å². The molecule has 0 amide bonds. The Kier molecular flexibility index (Phi) is 3.02. The third kappa shape index (κ3) is 3.88. The van der Waals surface area contributed by atoms with Crippen molar-refractivity contribution in [1.82, 2.24) is 0 Å². The van der Waals surface area contributed by atoms with Gasteiger partial charge in [-0.15, -0.1) is 0 Å². The fourth-order valence-corrected chi connectivity index (χ4v) is 0.118. The van der Waals surface area contributed by atoms with Crippen LogP contribution in [0, 0.1) is 0 Å². The molecule has 0 rings (SSSR count). The molecule has 0 heterocycles. The van der Waals surface area contributed by atoms with Gasteiger partial charge in [0.1, 0.15) is 0 Å². The zero-order valence-electron chi connectivity index (χ0n) is 3.72. The van der Waals surface area contributed by atoms with Crippen molar-refractivity contribution in [2.24, 2.45) is 5.73 Å². The smallest absolute Gasteiger partial charge is 0.0967 e. The van der Waals surface area contributed by atoms with Crippen molar-refractivity contribution in [2.75, 3.05) is 6.61 Å². The number of hydrogen-bond acceptors (Lipinski definition) is 3. The molecule has 6 heavy (non-hydrogen) atoms. The van der Waals surface area contributed by atoms with Gasteiger partial charge in [-0.05, 0) is 6.92 Å². The van der Waals surface area contributed by atoms with Crippen molar-refractivity contribution < 1.29 is 10.1 Å². The number of rotatable bonds is 2. The summed E-state index contributed by atoms with van der Waals surface area (Å²) in [5.74, 6) is 0. The van der Waals surface area contributed by atoms with Gasteiger partial charge in [0.25, 0.3) is 0 Å². The van der Waals surface area contributed by atoms with E-state index in [1.807, 2.05) is 0 Å². The Hall–Kier alpha value is -0.120. The zero-order chi connectivity index (χ0) is 4.99. The summed E-state index contributed by atoms with van der Waals surface area (Å²) < 4.78 is 0. The van der Waals surface area contributed by atoms with E-state index in [9.17, 15) is 0 Å². The Morgan fingerprint density at radius 1 is 2.00 bits per heavy atom. The van der Waals surface area contributed by atoms with Gasteiger partial charge in [-0.2, -0.15) is 0 Å². The van der Waals surface area contributed by atoms with Gasteiger partial charge >= 0.3 is 0 Å². The molecule has 0 aliphatic carbocycles. The maximum Gasteiger partial charge on any atom is 0.0967 e. The summed E-state index contributed by atoms with van der Waals surface area (Å²) >= 11 is 0. The Morgan fingerprint density at radius 2 is 2.50 bits per heavy atom. The molecule has 0 saturated carbocycles. The first-order valence-corrected chi connectivity index (χ1v) is 1.79. The van der Waals surface area contributed by atoms with Crippen molar-refractivity contribution >= 4 is 0 Å². The molecule has 0 aliphatic heterocycles. The van der Waals surface area contributed by atoms with Gasteiger partial charge in [0.15, 0.2) is 0 Å². The average Bonchev–Trinajstić information content (AvgIpc) is 1.35. The van der Waals surface area contributed by atoms with Crippen LogP contribution in [0.4, 0.5) is 0 Å². The Labute approximate surface area is 36.6 Å². The largest absolute Gasteiger partial charge is 0.326 e. The van der Waals surface area contributed by atoms with Gasteiger partial charge in [-0.25, -0.2) is 4.89 Å². The monoisotopic (exact) mass is 91.1 g/mol. The molecule has 0 aliphatic rings. The zero-order valence-corrected chi connectivity index (χ0v) is 3.72. The highest BCUT2D eigenvalue weighted by Gasteiger charge is 1.87. The van der Waals surface area contributed by atoms with Gasteiger partial charge in [0.05, 0.1) is 6.61 Å². The third-order valence-electron chi connectivity index (χ3n) is 0.337. The first-order chi connectivity index (χ1) is 2.77. The lowest BCUT2D eigenvalue weighted by Gasteiger charge is -1.96. The van der Waals surface area contributed by atoms with E-state index in [4.69, 9.17) is 11.0 Å². The Bertz CT molecular complexity index is 30.0. The van der Waals surface area contributed by atoms with Crippen LogP contribution in [-0.4, -0.2) is 17.9 Å². The summed E-state index contributed by atoms with van der Waals surface area (Å²) in [7, 11) is 0. The van der Waals surface area contributed by atoms with Gasteiger partial charge in [-0.1, -0.05) is 0 Å². The average molecular weight is 91.1 g/mol. The maximum atomic E-state index is 7.66. The molecule has 0 saturated heterocycles. The summed E-state index contributed by atoms with van der Waals surface area (Å²) in [4.78, 5) is 3.68. The molecule has 1 atom stereocenters. The second-order valence-corrected chi connectivity index (χ2v) is 1.27. The van der Waals surface area contributed by atoms with Gasteiger partial charge in [0.2, 0.25) is 0 Å². The predicted molar refractivity (Wildman–Crippen MR) is 22.2 cm³/mol. The molecule has 0 aromatic carbocycles. The Morgan fingerprint density at radius 3 is 2.50 bits per heavy atom. The number of hydrogen-bond donors (Lipinski definition) is 2. The van der Waals surface area contributed by atoms with Crippen molar-refractivity contribution in [3.05, 3.63) is 0 Å². The lowest BCUT2D eigenvalue weighted by molar-refractivity contribution is -0.244. The van der Waals surface area contributed by atoms with E-state index in [0.717, 1.165) is 0 Å². The van der Waals surface area contributed by atoms with Crippen LogP contribution >= 0.6 is 0 Å². The standard InChI is InChI=1S/C3H9NO2/c1-3(4)2-6-5/h3,5H,2,4H2,1H3. The van der Waals surface area contributed by atoms with E-state index < -0.39 is 0 Å². The van der Waals surface area contributed by atoms with E-state index in [1.54, 1.807) is 6.92 Å². The fraction of sp³-hybridized carbons (Fsp3) is 1.00. The molecule has 3 N–H and O–H groups in total. The predicted octanol–water partition coefficient (Wildman–Crippen LogP) is -0.177. The van der Waals surface area contributed by atoms with Gasteiger partial charge in [-0.3, -0.25) is 5.26 Å². The minimum atomic E-state index is -0.0741. The van der Waals surface area contributed by atoms with Gasteiger partial charge < -0.3 is 5.73 Å². The van der Waals surface area contributed by atoms with Crippen LogP contribution in [-0.2, 0) is 4.89 Å². The minimum Gasteiger partial charge on any atom is -0.326 e. The SMILES string of the molecule is CC(N)COO. The van der Waals surface area contributed by atoms with Crippen LogP contribution in [0.15, 0.2) is 0 Å². The molecule has 0 aromatic heterocycles.